The Hall–Kier alpha value is -2.49. The van der Waals surface area contributed by atoms with E-state index in [2.05, 4.69) is 17.4 Å². The van der Waals surface area contributed by atoms with Gasteiger partial charge >= 0.3 is 6.09 Å². The molecule has 2 aromatic rings. The number of hydrogen-bond donors (Lipinski definition) is 2. The lowest BCUT2D eigenvalue weighted by molar-refractivity contribution is 0.0418. The molecule has 28 heavy (non-hydrogen) atoms. The highest BCUT2D eigenvalue weighted by Crippen LogP contribution is 2.40. The van der Waals surface area contributed by atoms with Crippen LogP contribution in [0.3, 0.4) is 0 Å². The Bertz CT molecular complexity index is 770. The van der Waals surface area contributed by atoms with Crippen LogP contribution in [0.5, 0.6) is 5.75 Å². The molecule has 2 aromatic carbocycles. The number of carbonyl (C=O) groups excluding carboxylic acids is 1. The Morgan fingerprint density at radius 3 is 2.25 bits per heavy atom. The van der Waals surface area contributed by atoms with Crippen molar-refractivity contribution in [2.75, 3.05) is 0 Å². The Labute approximate surface area is 167 Å². The van der Waals surface area contributed by atoms with Crippen LogP contribution in [0.1, 0.15) is 63.5 Å². The average molecular weight is 382 g/mol. The lowest BCUT2D eigenvalue weighted by atomic mass is 9.71. The third-order valence-electron chi connectivity index (χ3n) is 5.46. The van der Waals surface area contributed by atoms with Crippen LogP contribution in [0.25, 0.3) is 0 Å². The fourth-order valence-corrected chi connectivity index (χ4v) is 4.10. The van der Waals surface area contributed by atoms with E-state index in [0.29, 0.717) is 11.7 Å². The maximum Gasteiger partial charge on any atom is 0.408 e. The second-order valence-corrected chi connectivity index (χ2v) is 8.94. The first-order valence-electron chi connectivity index (χ1n) is 10.1. The fourth-order valence-electron chi connectivity index (χ4n) is 4.10. The number of phenols is 1. The van der Waals surface area contributed by atoms with Gasteiger partial charge in [-0.15, -0.1) is 0 Å². The average Bonchev–Trinajstić information content (AvgIpc) is 2.62. The third-order valence-corrected chi connectivity index (χ3v) is 5.46. The molecular formula is C24H31NO3. The van der Waals surface area contributed by atoms with Gasteiger partial charge in [0.15, 0.2) is 0 Å². The number of aromatic hydroxyl groups is 1. The first-order valence-corrected chi connectivity index (χ1v) is 10.1. The van der Waals surface area contributed by atoms with Gasteiger partial charge in [-0.2, -0.15) is 0 Å². The van der Waals surface area contributed by atoms with Crippen molar-refractivity contribution in [1.82, 2.24) is 5.32 Å². The van der Waals surface area contributed by atoms with Gasteiger partial charge in [-0.3, -0.25) is 0 Å². The van der Waals surface area contributed by atoms with Crippen molar-refractivity contribution < 1.29 is 14.6 Å². The van der Waals surface area contributed by atoms with Crippen molar-refractivity contribution in [3.8, 4) is 5.75 Å². The molecule has 1 amide bonds. The van der Waals surface area contributed by atoms with Crippen LogP contribution in [-0.2, 0) is 11.2 Å². The van der Waals surface area contributed by atoms with E-state index >= 15 is 0 Å². The molecule has 0 atom stereocenters. The van der Waals surface area contributed by atoms with Crippen molar-refractivity contribution in [3.63, 3.8) is 0 Å². The quantitative estimate of drug-likeness (QED) is 0.729. The monoisotopic (exact) mass is 381 g/mol. The van der Waals surface area contributed by atoms with Gasteiger partial charge in [-0.05, 0) is 82.1 Å². The molecule has 0 heterocycles. The molecule has 1 aliphatic rings. The highest BCUT2D eigenvalue weighted by molar-refractivity contribution is 5.69. The predicted octanol–water partition coefficient (Wildman–Crippen LogP) is 5.56. The number of phenolic OH excluding ortho intramolecular Hbond substituents is 1. The fraction of sp³-hybridized carbons (Fsp3) is 0.458. The highest BCUT2D eigenvalue weighted by atomic mass is 16.6. The molecule has 0 unspecified atom stereocenters. The van der Waals surface area contributed by atoms with Crippen LogP contribution in [0.4, 0.5) is 4.79 Å². The molecule has 0 aliphatic heterocycles. The summed E-state index contributed by atoms with van der Waals surface area (Å²) >= 11 is 0. The minimum absolute atomic E-state index is 0.295. The van der Waals surface area contributed by atoms with Gasteiger partial charge in [0.05, 0.1) is 0 Å². The zero-order valence-electron chi connectivity index (χ0n) is 17.1. The summed E-state index contributed by atoms with van der Waals surface area (Å²) in [6, 6.07) is 17.8. The number of alkyl carbamates (subject to hydrolysis) is 1. The van der Waals surface area contributed by atoms with E-state index in [1.807, 2.05) is 51.1 Å². The van der Waals surface area contributed by atoms with E-state index in [9.17, 15) is 9.90 Å². The minimum atomic E-state index is -0.513. The van der Waals surface area contributed by atoms with E-state index in [1.54, 1.807) is 12.1 Å². The van der Waals surface area contributed by atoms with E-state index in [4.69, 9.17) is 4.74 Å². The Morgan fingerprint density at radius 1 is 1.07 bits per heavy atom. The molecule has 0 spiro atoms. The number of benzene rings is 2. The van der Waals surface area contributed by atoms with Crippen molar-refractivity contribution in [2.45, 2.75) is 69.9 Å². The molecule has 3 rings (SSSR count). The van der Waals surface area contributed by atoms with Crippen LogP contribution in [0, 0.1) is 0 Å². The van der Waals surface area contributed by atoms with E-state index < -0.39 is 5.60 Å². The molecule has 2 N–H and O–H groups in total. The van der Waals surface area contributed by atoms with E-state index in [-0.39, 0.29) is 11.6 Å². The first kappa shape index (κ1) is 20.2. The normalized spacial score (nSPS) is 22.5. The van der Waals surface area contributed by atoms with Crippen LogP contribution in [0.2, 0.25) is 0 Å². The smallest absolute Gasteiger partial charge is 0.408 e. The summed E-state index contributed by atoms with van der Waals surface area (Å²) in [4.78, 5) is 12.6. The summed E-state index contributed by atoms with van der Waals surface area (Å²) in [6.07, 6.45) is 4.24. The number of amides is 1. The molecule has 1 aliphatic carbocycles. The zero-order valence-corrected chi connectivity index (χ0v) is 17.1. The number of nitrogens with one attached hydrogen (secondary N) is 1. The molecule has 150 valence electrons. The minimum Gasteiger partial charge on any atom is -0.508 e. The van der Waals surface area contributed by atoms with Gasteiger partial charge in [0.1, 0.15) is 11.4 Å². The maximum atomic E-state index is 12.6. The van der Waals surface area contributed by atoms with Gasteiger partial charge in [-0.25, -0.2) is 4.79 Å². The summed E-state index contributed by atoms with van der Waals surface area (Å²) in [5, 5.41) is 12.8. The Balaban J connectivity index is 1.74. The molecule has 0 aromatic heterocycles. The van der Waals surface area contributed by atoms with Gasteiger partial charge in [0.2, 0.25) is 0 Å². The lowest BCUT2D eigenvalue weighted by Gasteiger charge is -2.41. The summed E-state index contributed by atoms with van der Waals surface area (Å²) < 4.78 is 5.55. The molecule has 0 bridgehead atoms. The van der Waals surface area contributed by atoms with Crippen molar-refractivity contribution >= 4 is 6.09 Å². The largest absolute Gasteiger partial charge is 0.508 e. The summed E-state index contributed by atoms with van der Waals surface area (Å²) in [5.74, 6) is 0.745. The third kappa shape index (κ3) is 5.51. The molecule has 0 saturated heterocycles. The lowest BCUT2D eigenvalue weighted by Crippen LogP contribution is -2.53. The second-order valence-electron chi connectivity index (χ2n) is 8.94. The van der Waals surface area contributed by atoms with Gasteiger partial charge in [-0.1, -0.05) is 42.5 Å². The van der Waals surface area contributed by atoms with Crippen molar-refractivity contribution in [1.29, 1.82) is 0 Å². The molecule has 4 nitrogen and oxygen atoms in total. The van der Waals surface area contributed by atoms with Crippen LogP contribution in [0.15, 0.2) is 54.6 Å². The van der Waals surface area contributed by atoms with Gasteiger partial charge in [0.25, 0.3) is 0 Å². The van der Waals surface area contributed by atoms with Crippen molar-refractivity contribution in [2.24, 2.45) is 0 Å². The Morgan fingerprint density at radius 2 is 1.68 bits per heavy atom. The molecule has 4 heteroatoms. The molecule has 0 radical (unpaired) electrons. The topological polar surface area (TPSA) is 58.6 Å². The van der Waals surface area contributed by atoms with Gasteiger partial charge in [0, 0.05) is 5.54 Å². The molecule has 1 saturated carbocycles. The highest BCUT2D eigenvalue weighted by Gasteiger charge is 2.38. The molecule has 1 fully saturated rings. The summed E-state index contributed by atoms with van der Waals surface area (Å²) in [5.41, 5.74) is 1.67. The van der Waals surface area contributed by atoms with Crippen molar-refractivity contribution in [3.05, 3.63) is 65.7 Å². The van der Waals surface area contributed by atoms with Gasteiger partial charge < -0.3 is 15.2 Å². The maximum absolute atomic E-state index is 12.6. The second kappa shape index (κ2) is 8.26. The van der Waals surface area contributed by atoms with Crippen LogP contribution in [-0.4, -0.2) is 22.3 Å². The van der Waals surface area contributed by atoms with Crippen LogP contribution >= 0.6 is 0 Å². The van der Waals surface area contributed by atoms with Crippen LogP contribution < -0.4 is 5.32 Å². The summed E-state index contributed by atoms with van der Waals surface area (Å²) in [6.45, 7) is 5.66. The zero-order chi connectivity index (χ0) is 20.2. The number of ether oxygens (including phenoxy) is 1. The SMILES string of the molecule is CC(C)(C)OC(=O)NC1(Cc2ccccc2)CCC(c2ccc(O)cc2)CC1. The van der Waals surface area contributed by atoms with E-state index in [1.165, 1.54) is 11.1 Å². The number of carbonyl (C=O) groups is 1. The Kier molecular flexibility index (Phi) is 5.97. The standard InChI is InChI=1S/C24H31NO3/c1-23(2,3)28-22(27)25-24(17-18-7-5-4-6-8-18)15-13-20(14-16-24)19-9-11-21(26)12-10-19/h4-12,20,26H,13-17H2,1-3H3,(H,25,27). The number of hydrogen-bond acceptors (Lipinski definition) is 3. The number of rotatable bonds is 4. The van der Waals surface area contributed by atoms with E-state index in [0.717, 1.165) is 32.1 Å². The summed E-state index contributed by atoms with van der Waals surface area (Å²) in [7, 11) is 0. The molecular weight excluding hydrogens is 350 g/mol. The first-order chi connectivity index (χ1) is 13.2. The predicted molar refractivity (Wildman–Crippen MR) is 112 cm³/mol.